The molecule has 3 heterocycles. The van der Waals surface area contributed by atoms with Crippen LogP contribution in [0.2, 0.25) is 0 Å². The normalized spacial score (nSPS) is 32.4. The van der Waals surface area contributed by atoms with Gasteiger partial charge in [0.1, 0.15) is 0 Å². The Bertz CT molecular complexity index is 512. The second-order valence-corrected chi connectivity index (χ2v) is 6.09. The molecule has 7 heteroatoms. The zero-order valence-electron chi connectivity index (χ0n) is 13.1. The van der Waals surface area contributed by atoms with Crippen LogP contribution in [0, 0.1) is 13.8 Å². The molecular weight excluding hydrogens is 288 g/mol. The van der Waals surface area contributed by atoms with Gasteiger partial charge in [-0.1, -0.05) is 0 Å². The van der Waals surface area contributed by atoms with Crippen LogP contribution in [0.3, 0.4) is 0 Å². The van der Waals surface area contributed by atoms with Gasteiger partial charge in [-0.15, -0.1) is 5.10 Å². The molecule has 4 unspecified atom stereocenters. The maximum atomic E-state index is 9.85. The van der Waals surface area contributed by atoms with E-state index in [1.54, 1.807) is 0 Å². The average Bonchev–Trinajstić information content (AvgIpc) is 3.11. The standard InChI is InChI=1S/C15H24N2O5/c1-9-10(2)17(11-3-4-20-8-11)16-15(9)22-14-6-12(19)5-13(7-18)21-14/h11-14,18-19H,3-8H2,1-2H3. The minimum atomic E-state index is -0.581. The van der Waals surface area contributed by atoms with Gasteiger partial charge in [0, 0.05) is 30.7 Å². The van der Waals surface area contributed by atoms with E-state index in [-0.39, 0.29) is 18.8 Å². The van der Waals surface area contributed by atoms with Crippen molar-refractivity contribution in [3.63, 3.8) is 0 Å². The summed E-state index contributed by atoms with van der Waals surface area (Å²) in [6, 6.07) is 0.249. The van der Waals surface area contributed by atoms with Gasteiger partial charge in [0.25, 0.3) is 0 Å². The Labute approximate surface area is 129 Å². The Balaban J connectivity index is 1.73. The summed E-state index contributed by atoms with van der Waals surface area (Å²) < 4.78 is 18.9. The van der Waals surface area contributed by atoms with Crippen molar-refractivity contribution in [3.05, 3.63) is 11.3 Å². The van der Waals surface area contributed by atoms with Gasteiger partial charge < -0.3 is 24.4 Å². The lowest BCUT2D eigenvalue weighted by molar-refractivity contribution is -0.186. The number of nitrogens with zero attached hydrogens (tertiary/aromatic N) is 2. The number of hydrogen-bond acceptors (Lipinski definition) is 6. The summed E-state index contributed by atoms with van der Waals surface area (Å²) in [4.78, 5) is 0. The van der Waals surface area contributed by atoms with E-state index in [4.69, 9.17) is 14.2 Å². The van der Waals surface area contributed by atoms with Crippen molar-refractivity contribution < 1.29 is 24.4 Å². The summed E-state index contributed by atoms with van der Waals surface area (Å²) >= 11 is 0. The number of aliphatic hydroxyl groups is 2. The van der Waals surface area contributed by atoms with Crippen LogP contribution in [0.15, 0.2) is 0 Å². The predicted molar refractivity (Wildman–Crippen MR) is 77.8 cm³/mol. The summed E-state index contributed by atoms with van der Waals surface area (Å²) in [6.45, 7) is 5.29. The fourth-order valence-electron chi connectivity index (χ4n) is 3.02. The van der Waals surface area contributed by atoms with Crippen molar-refractivity contribution in [2.75, 3.05) is 19.8 Å². The smallest absolute Gasteiger partial charge is 0.238 e. The lowest BCUT2D eigenvalue weighted by atomic mass is 10.1. The monoisotopic (exact) mass is 312 g/mol. The molecule has 1 aromatic rings. The molecule has 22 heavy (non-hydrogen) atoms. The van der Waals surface area contributed by atoms with Gasteiger partial charge in [-0.2, -0.15) is 0 Å². The van der Waals surface area contributed by atoms with Gasteiger partial charge in [-0.05, 0) is 20.3 Å². The van der Waals surface area contributed by atoms with E-state index in [2.05, 4.69) is 5.10 Å². The minimum absolute atomic E-state index is 0.122. The molecule has 0 aromatic carbocycles. The summed E-state index contributed by atoms with van der Waals surface area (Å²) in [5.74, 6) is 0.528. The van der Waals surface area contributed by atoms with Gasteiger partial charge in [0.15, 0.2) is 0 Å². The van der Waals surface area contributed by atoms with Crippen LogP contribution in [-0.4, -0.2) is 58.3 Å². The third-order valence-corrected chi connectivity index (χ3v) is 4.45. The highest BCUT2D eigenvalue weighted by molar-refractivity contribution is 5.29. The first-order chi connectivity index (χ1) is 10.6. The average molecular weight is 312 g/mol. The summed E-state index contributed by atoms with van der Waals surface area (Å²) in [7, 11) is 0. The van der Waals surface area contributed by atoms with Crippen LogP contribution in [0.25, 0.3) is 0 Å². The summed E-state index contributed by atoms with van der Waals surface area (Å²) in [6.07, 6.45) is 0.272. The largest absolute Gasteiger partial charge is 0.446 e. The van der Waals surface area contributed by atoms with E-state index in [1.807, 2.05) is 18.5 Å². The van der Waals surface area contributed by atoms with Gasteiger partial charge in [-0.3, -0.25) is 4.68 Å². The number of hydrogen-bond donors (Lipinski definition) is 2. The van der Waals surface area contributed by atoms with Crippen LogP contribution in [0.4, 0.5) is 0 Å². The first-order valence-electron chi connectivity index (χ1n) is 7.83. The van der Waals surface area contributed by atoms with Crippen molar-refractivity contribution in [2.45, 2.75) is 57.6 Å². The van der Waals surface area contributed by atoms with Crippen LogP contribution in [0.1, 0.15) is 36.6 Å². The highest BCUT2D eigenvalue weighted by Crippen LogP contribution is 2.29. The van der Waals surface area contributed by atoms with Gasteiger partial charge in [-0.25, -0.2) is 0 Å². The Morgan fingerprint density at radius 3 is 2.86 bits per heavy atom. The van der Waals surface area contributed by atoms with Crippen molar-refractivity contribution in [1.29, 1.82) is 0 Å². The molecule has 2 aliphatic heterocycles. The first kappa shape index (κ1) is 15.7. The maximum absolute atomic E-state index is 9.85. The molecule has 4 atom stereocenters. The second kappa shape index (κ2) is 6.54. The molecule has 0 amide bonds. The fourth-order valence-corrected chi connectivity index (χ4v) is 3.02. The van der Waals surface area contributed by atoms with Crippen LogP contribution in [-0.2, 0) is 9.47 Å². The molecule has 3 rings (SSSR count). The molecule has 2 aliphatic rings. The van der Waals surface area contributed by atoms with E-state index in [9.17, 15) is 10.2 Å². The van der Waals surface area contributed by atoms with E-state index in [1.165, 1.54) is 0 Å². The highest BCUT2D eigenvalue weighted by Gasteiger charge is 2.31. The van der Waals surface area contributed by atoms with Gasteiger partial charge in [0.05, 0.1) is 31.5 Å². The van der Waals surface area contributed by atoms with E-state index < -0.39 is 12.4 Å². The van der Waals surface area contributed by atoms with E-state index in [0.29, 0.717) is 25.3 Å². The molecule has 0 bridgehead atoms. The highest BCUT2D eigenvalue weighted by atomic mass is 16.7. The third kappa shape index (κ3) is 3.12. The number of aromatic nitrogens is 2. The van der Waals surface area contributed by atoms with Gasteiger partial charge in [0.2, 0.25) is 12.2 Å². The number of aliphatic hydroxyl groups excluding tert-OH is 2. The number of rotatable bonds is 4. The molecule has 2 fully saturated rings. The Hall–Kier alpha value is -1.15. The number of ether oxygens (including phenoxy) is 3. The van der Waals surface area contributed by atoms with Crippen molar-refractivity contribution in [2.24, 2.45) is 0 Å². The van der Waals surface area contributed by atoms with Crippen molar-refractivity contribution >= 4 is 0 Å². The summed E-state index contributed by atoms with van der Waals surface area (Å²) in [5.41, 5.74) is 2.02. The molecule has 0 spiro atoms. The van der Waals surface area contributed by atoms with E-state index in [0.717, 1.165) is 24.3 Å². The van der Waals surface area contributed by atoms with E-state index >= 15 is 0 Å². The zero-order valence-corrected chi connectivity index (χ0v) is 13.1. The SMILES string of the molecule is Cc1c(OC2CC(O)CC(CO)O2)nn(C2CCOC2)c1C. The fraction of sp³-hybridized carbons (Fsp3) is 0.800. The second-order valence-electron chi connectivity index (χ2n) is 6.09. The Kier molecular flexibility index (Phi) is 4.67. The molecule has 0 radical (unpaired) electrons. The van der Waals surface area contributed by atoms with Crippen LogP contribution < -0.4 is 4.74 Å². The maximum Gasteiger partial charge on any atom is 0.238 e. The zero-order chi connectivity index (χ0) is 15.7. The van der Waals surface area contributed by atoms with Crippen LogP contribution >= 0.6 is 0 Å². The molecule has 0 saturated carbocycles. The molecule has 1 aromatic heterocycles. The van der Waals surface area contributed by atoms with Crippen LogP contribution in [0.5, 0.6) is 5.88 Å². The molecule has 2 saturated heterocycles. The quantitative estimate of drug-likeness (QED) is 0.851. The minimum Gasteiger partial charge on any atom is -0.446 e. The predicted octanol–water partition coefficient (Wildman–Crippen LogP) is 0.698. The van der Waals surface area contributed by atoms with Crippen molar-refractivity contribution in [3.8, 4) is 5.88 Å². The molecule has 124 valence electrons. The topological polar surface area (TPSA) is 86.0 Å². The molecule has 2 N–H and O–H groups in total. The Morgan fingerprint density at radius 2 is 2.18 bits per heavy atom. The molecular formula is C15H24N2O5. The Morgan fingerprint density at radius 1 is 1.36 bits per heavy atom. The first-order valence-corrected chi connectivity index (χ1v) is 7.83. The van der Waals surface area contributed by atoms with Gasteiger partial charge >= 0.3 is 0 Å². The lowest BCUT2D eigenvalue weighted by Gasteiger charge is -2.31. The summed E-state index contributed by atoms with van der Waals surface area (Å²) in [5, 5.41) is 23.6. The molecule has 0 aliphatic carbocycles. The lowest BCUT2D eigenvalue weighted by Crippen LogP contribution is -2.40. The third-order valence-electron chi connectivity index (χ3n) is 4.45. The molecule has 7 nitrogen and oxygen atoms in total. The van der Waals surface area contributed by atoms with Crippen molar-refractivity contribution in [1.82, 2.24) is 9.78 Å².